The Labute approximate surface area is 141 Å². The molecule has 0 saturated carbocycles. The van der Waals surface area contributed by atoms with Gasteiger partial charge in [-0.1, -0.05) is 18.2 Å². The van der Waals surface area contributed by atoms with Gasteiger partial charge in [0.05, 0.1) is 19.3 Å². The number of anilines is 1. The molecule has 0 atom stereocenters. The summed E-state index contributed by atoms with van der Waals surface area (Å²) in [6, 6.07) is 9.31. The molecule has 126 valence electrons. The Kier molecular flexibility index (Phi) is 5.89. The third-order valence-corrected chi connectivity index (χ3v) is 3.60. The molecule has 1 heterocycles. The molecule has 0 spiro atoms. The van der Waals surface area contributed by atoms with Gasteiger partial charge >= 0.3 is 5.97 Å². The minimum absolute atomic E-state index is 0.296. The lowest BCUT2D eigenvalue weighted by atomic mass is 10.2. The number of hydrogen-bond donors (Lipinski definition) is 0. The van der Waals surface area contributed by atoms with Gasteiger partial charge in [-0.3, -0.25) is 9.48 Å². The van der Waals surface area contributed by atoms with Gasteiger partial charge in [0.15, 0.2) is 0 Å². The molecule has 0 aliphatic heterocycles. The van der Waals surface area contributed by atoms with E-state index in [0.717, 1.165) is 29.6 Å². The number of aryl methyl sites for hydroxylation is 2. The Morgan fingerprint density at radius 1 is 1.25 bits per heavy atom. The van der Waals surface area contributed by atoms with E-state index in [9.17, 15) is 9.59 Å². The molecule has 0 aliphatic carbocycles. The van der Waals surface area contributed by atoms with Crippen molar-refractivity contribution < 1.29 is 14.3 Å². The van der Waals surface area contributed by atoms with Crippen molar-refractivity contribution in [2.45, 2.75) is 26.9 Å². The third kappa shape index (κ3) is 4.32. The molecule has 24 heavy (non-hydrogen) atoms. The number of carbonyl (C=O) groups excluding carboxylic acids is 2. The van der Waals surface area contributed by atoms with Crippen molar-refractivity contribution in [3.63, 3.8) is 0 Å². The number of aromatic nitrogens is 2. The summed E-state index contributed by atoms with van der Waals surface area (Å²) < 4.78 is 6.37. The van der Waals surface area contributed by atoms with E-state index in [1.807, 2.05) is 55.1 Å². The molecule has 0 fully saturated rings. The van der Waals surface area contributed by atoms with Crippen LogP contribution in [0.4, 0.5) is 5.69 Å². The Morgan fingerprint density at radius 3 is 2.54 bits per heavy atom. The maximum Gasteiger partial charge on any atom is 0.330 e. The lowest BCUT2D eigenvalue weighted by Crippen LogP contribution is -2.29. The zero-order chi connectivity index (χ0) is 17.5. The van der Waals surface area contributed by atoms with Crippen molar-refractivity contribution in [3.05, 3.63) is 59.9 Å². The van der Waals surface area contributed by atoms with Gasteiger partial charge in [0, 0.05) is 36.1 Å². The average molecular weight is 327 g/mol. The summed E-state index contributed by atoms with van der Waals surface area (Å²) in [5.41, 5.74) is 2.59. The highest BCUT2D eigenvalue weighted by Gasteiger charge is 2.16. The summed E-state index contributed by atoms with van der Waals surface area (Å²) >= 11 is 0. The van der Waals surface area contributed by atoms with Crippen LogP contribution in [-0.2, 0) is 27.4 Å². The van der Waals surface area contributed by atoms with Gasteiger partial charge < -0.3 is 9.64 Å². The zero-order valence-electron chi connectivity index (χ0n) is 14.1. The van der Waals surface area contributed by atoms with E-state index in [1.54, 1.807) is 4.90 Å². The first-order valence-corrected chi connectivity index (χ1v) is 7.70. The quantitative estimate of drug-likeness (QED) is 0.604. The summed E-state index contributed by atoms with van der Waals surface area (Å²) in [5.74, 6) is -0.860. The number of ether oxygens (including phenoxy) is 1. The van der Waals surface area contributed by atoms with Gasteiger partial charge in [0.1, 0.15) is 0 Å². The molecule has 2 aromatic rings. The standard InChI is InChI=1S/C18H21N3O3/c1-4-20-12-15(14(2)19-20)13-21(16-8-6-5-7-9-16)17(22)10-11-18(23)24-3/h5-12H,4,13H2,1-3H3/b11-10+. The third-order valence-electron chi connectivity index (χ3n) is 3.60. The van der Waals surface area contributed by atoms with Crippen molar-refractivity contribution in [2.24, 2.45) is 0 Å². The van der Waals surface area contributed by atoms with E-state index in [1.165, 1.54) is 13.2 Å². The Bertz CT molecular complexity index is 735. The van der Waals surface area contributed by atoms with Crippen LogP contribution in [0.5, 0.6) is 0 Å². The molecule has 6 heteroatoms. The fourth-order valence-electron chi connectivity index (χ4n) is 2.25. The molecule has 0 radical (unpaired) electrons. The van der Waals surface area contributed by atoms with E-state index in [2.05, 4.69) is 9.84 Å². The fourth-order valence-corrected chi connectivity index (χ4v) is 2.25. The first-order chi connectivity index (χ1) is 11.5. The predicted molar refractivity (Wildman–Crippen MR) is 91.4 cm³/mol. The Morgan fingerprint density at radius 2 is 1.96 bits per heavy atom. The van der Waals surface area contributed by atoms with Crippen LogP contribution in [0.3, 0.4) is 0 Å². The van der Waals surface area contributed by atoms with Gasteiger partial charge in [-0.25, -0.2) is 4.79 Å². The van der Waals surface area contributed by atoms with Gasteiger partial charge in [0.2, 0.25) is 0 Å². The van der Waals surface area contributed by atoms with Crippen molar-refractivity contribution in [3.8, 4) is 0 Å². The lowest BCUT2D eigenvalue weighted by molar-refractivity contribution is -0.135. The van der Waals surface area contributed by atoms with Crippen molar-refractivity contribution in [1.82, 2.24) is 9.78 Å². The van der Waals surface area contributed by atoms with Gasteiger partial charge in [-0.15, -0.1) is 0 Å². The molecular formula is C18H21N3O3. The highest BCUT2D eigenvalue weighted by Crippen LogP contribution is 2.19. The van der Waals surface area contributed by atoms with E-state index >= 15 is 0 Å². The topological polar surface area (TPSA) is 64.4 Å². The second-order valence-electron chi connectivity index (χ2n) is 5.21. The molecule has 1 aromatic heterocycles. The maximum absolute atomic E-state index is 12.6. The van der Waals surface area contributed by atoms with Crippen LogP contribution in [0.15, 0.2) is 48.7 Å². The number of para-hydroxylation sites is 1. The maximum atomic E-state index is 12.6. The number of rotatable bonds is 6. The second kappa shape index (κ2) is 8.10. The summed E-state index contributed by atoms with van der Waals surface area (Å²) in [7, 11) is 1.27. The van der Waals surface area contributed by atoms with Crippen LogP contribution in [-0.4, -0.2) is 28.8 Å². The van der Waals surface area contributed by atoms with E-state index in [0.29, 0.717) is 6.54 Å². The molecular weight excluding hydrogens is 306 g/mol. The van der Waals surface area contributed by atoms with E-state index in [4.69, 9.17) is 0 Å². The number of methoxy groups -OCH3 is 1. The lowest BCUT2D eigenvalue weighted by Gasteiger charge is -2.21. The van der Waals surface area contributed by atoms with Crippen LogP contribution in [0.2, 0.25) is 0 Å². The van der Waals surface area contributed by atoms with E-state index < -0.39 is 5.97 Å². The molecule has 0 saturated heterocycles. The smallest absolute Gasteiger partial charge is 0.330 e. The summed E-state index contributed by atoms with van der Waals surface area (Å²) in [5, 5.41) is 4.41. The molecule has 0 bridgehead atoms. The summed E-state index contributed by atoms with van der Waals surface area (Å²) in [4.78, 5) is 25.4. The molecule has 1 aromatic carbocycles. The number of esters is 1. The minimum atomic E-state index is -0.564. The van der Waals surface area contributed by atoms with Crippen LogP contribution >= 0.6 is 0 Å². The van der Waals surface area contributed by atoms with Crippen LogP contribution < -0.4 is 4.90 Å². The largest absolute Gasteiger partial charge is 0.466 e. The number of benzene rings is 1. The van der Waals surface area contributed by atoms with Crippen molar-refractivity contribution in [2.75, 3.05) is 12.0 Å². The normalized spacial score (nSPS) is 10.8. The molecule has 0 N–H and O–H groups in total. The highest BCUT2D eigenvalue weighted by atomic mass is 16.5. The molecule has 6 nitrogen and oxygen atoms in total. The Balaban J connectivity index is 2.29. The molecule has 0 unspecified atom stereocenters. The SMILES string of the molecule is CCn1cc(CN(C(=O)/C=C/C(=O)OC)c2ccccc2)c(C)n1. The second-order valence-corrected chi connectivity index (χ2v) is 5.21. The summed E-state index contributed by atoms with van der Waals surface area (Å²) in [6.07, 6.45) is 4.28. The number of amides is 1. The minimum Gasteiger partial charge on any atom is -0.466 e. The average Bonchev–Trinajstić information content (AvgIpc) is 2.97. The van der Waals surface area contributed by atoms with Gasteiger partial charge in [0.25, 0.3) is 5.91 Å². The molecule has 1 amide bonds. The van der Waals surface area contributed by atoms with Gasteiger partial charge in [-0.05, 0) is 26.0 Å². The predicted octanol–water partition coefficient (Wildman–Crippen LogP) is 2.47. The van der Waals surface area contributed by atoms with Crippen molar-refractivity contribution in [1.29, 1.82) is 0 Å². The highest BCUT2D eigenvalue weighted by molar-refractivity contribution is 6.04. The van der Waals surface area contributed by atoms with Crippen molar-refractivity contribution >= 4 is 17.6 Å². The van der Waals surface area contributed by atoms with Gasteiger partial charge in [-0.2, -0.15) is 5.10 Å². The van der Waals surface area contributed by atoms with Crippen LogP contribution in [0, 0.1) is 6.92 Å². The van der Waals surface area contributed by atoms with Crippen LogP contribution in [0.25, 0.3) is 0 Å². The Hall–Kier alpha value is -2.89. The first kappa shape index (κ1) is 17.5. The first-order valence-electron chi connectivity index (χ1n) is 7.70. The van der Waals surface area contributed by atoms with Crippen LogP contribution in [0.1, 0.15) is 18.2 Å². The number of carbonyl (C=O) groups is 2. The number of nitrogens with zero attached hydrogens (tertiary/aromatic N) is 3. The van der Waals surface area contributed by atoms with E-state index in [-0.39, 0.29) is 5.91 Å². The monoisotopic (exact) mass is 327 g/mol. The molecule has 2 rings (SSSR count). The zero-order valence-corrected chi connectivity index (χ0v) is 14.1. The number of hydrogen-bond acceptors (Lipinski definition) is 4. The summed E-state index contributed by atoms with van der Waals surface area (Å²) in [6.45, 7) is 5.07. The fraction of sp³-hybridized carbons (Fsp3) is 0.278. The molecule has 0 aliphatic rings.